The molecule has 0 aliphatic heterocycles. The molecule has 0 amide bonds. The zero-order valence-corrected chi connectivity index (χ0v) is 14.3. The molecule has 0 atom stereocenters. The van der Waals surface area contributed by atoms with Crippen molar-refractivity contribution in [3.63, 3.8) is 0 Å². The van der Waals surface area contributed by atoms with Crippen LogP contribution in [0.2, 0.25) is 0 Å². The maximum absolute atomic E-state index is 5.94. The lowest BCUT2D eigenvalue weighted by Crippen LogP contribution is -1.92. The topological polar surface area (TPSA) is 77.3 Å². The van der Waals surface area contributed by atoms with Gasteiger partial charge in [-0.2, -0.15) is 0 Å². The fourth-order valence-corrected chi connectivity index (χ4v) is 2.56. The molecule has 0 aliphatic rings. The van der Waals surface area contributed by atoms with Gasteiger partial charge in [-0.1, -0.05) is 33.2 Å². The van der Waals surface area contributed by atoms with Crippen molar-refractivity contribution in [1.82, 2.24) is 10.1 Å². The number of aliphatic imine (C=N–C) groups is 1. The summed E-state index contributed by atoms with van der Waals surface area (Å²) in [6, 6.07) is 9.75. The number of pyridine rings is 1. The molecule has 3 rings (SSSR count). The third-order valence-electron chi connectivity index (χ3n) is 3.44. The summed E-state index contributed by atoms with van der Waals surface area (Å²) >= 11 is 3.41. The lowest BCUT2D eigenvalue weighted by atomic mass is 10.1. The highest BCUT2D eigenvalue weighted by Crippen LogP contribution is 2.31. The van der Waals surface area contributed by atoms with Crippen molar-refractivity contribution < 1.29 is 4.52 Å². The quantitative estimate of drug-likeness (QED) is 0.690. The summed E-state index contributed by atoms with van der Waals surface area (Å²) in [5, 5.41) is 3.97. The molecule has 2 aromatic heterocycles. The summed E-state index contributed by atoms with van der Waals surface area (Å²) in [7, 11) is 0. The summed E-state index contributed by atoms with van der Waals surface area (Å²) in [4.78, 5) is 8.69. The van der Waals surface area contributed by atoms with E-state index in [1.807, 2.05) is 44.2 Å². The van der Waals surface area contributed by atoms with E-state index in [1.165, 1.54) is 0 Å². The number of anilines is 1. The lowest BCUT2D eigenvalue weighted by molar-refractivity contribution is 0.393. The monoisotopic (exact) mass is 370 g/mol. The molecule has 0 bridgehead atoms. The van der Waals surface area contributed by atoms with Crippen LogP contribution in [0.4, 0.5) is 11.5 Å². The normalized spacial score (nSPS) is 11.3. The molecule has 0 saturated heterocycles. The van der Waals surface area contributed by atoms with Crippen molar-refractivity contribution in [3.8, 4) is 11.1 Å². The highest BCUT2D eigenvalue weighted by Gasteiger charge is 2.13. The molecule has 2 N–H and O–H groups in total. The second-order valence-electron chi connectivity index (χ2n) is 5.14. The first kappa shape index (κ1) is 15.4. The van der Waals surface area contributed by atoms with Gasteiger partial charge in [0.15, 0.2) is 0 Å². The Bertz CT molecular complexity index is 849. The van der Waals surface area contributed by atoms with Gasteiger partial charge in [0.25, 0.3) is 0 Å². The van der Waals surface area contributed by atoms with Gasteiger partial charge in [0.2, 0.25) is 0 Å². The predicted molar refractivity (Wildman–Crippen MR) is 95.0 cm³/mol. The van der Waals surface area contributed by atoms with Crippen LogP contribution in [-0.2, 0) is 0 Å². The standard InChI is InChI=1S/C17H15BrN4O/c1-10-16(11(2)23-22-10)13-7-15(17(19)21-9-13)20-8-12-3-5-14(18)6-4-12/h3-9H,1-2H3,(H2,19,21). The van der Waals surface area contributed by atoms with Crippen molar-refractivity contribution in [2.24, 2.45) is 4.99 Å². The number of aromatic nitrogens is 2. The van der Waals surface area contributed by atoms with Gasteiger partial charge in [0.1, 0.15) is 17.3 Å². The Balaban J connectivity index is 1.97. The number of hydrogen-bond donors (Lipinski definition) is 1. The van der Waals surface area contributed by atoms with Gasteiger partial charge < -0.3 is 10.3 Å². The lowest BCUT2D eigenvalue weighted by Gasteiger charge is -2.04. The van der Waals surface area contributed by atoms with Crippen molar-refractivity contribution in [3.05, 3.63) is 58.0 Å². The van der Waals surface area contributed by atoms with Gasteiger partial charge >= 0.3 is 0 Å². The molecule has 23 heavy (non-hydrogen) atoms. The molecular weight excluding hydrogens is 356 g/mol. The fraction of sp³-hybridized carbons (Fsp3) is 0.118. The van der Waals surface area contributed by atoms with E-state index < -0.39 is 0 Å². The molecule has 1 aromatic carbocycles. The van der Waals surface area contributed by atoms with Gasteiger partial charge in [0, 0.05) is 28.0 Å². The van der Waals surface area contributed by atoms with E-state index in [-0.39, 0.29) is 0 Å². The van der Waals surface area contributed by atoms with Crippen molar-refractivity contribution in [2.45, 2.75) is 13.8 Å². The predicted octanol–water partition coefficient (Wildman–Crippen LogP) is 4.45. The summed E-state index contributed by atoms with van der Waals surface area (Å²) in [6.07, 6.45) is 3.47. The average molecular weight is 371 g/mol. The van der Waals surface area contributed by atoms with E-state index >= 15 is 0 Å². The SMILES string of the molecule is Cc1noc(C)c1-c1cnc(N)c(N=Cc2ccc(Br)cc2)c1. The second kappa shape index (κ2) is 6.34. The molecule has 0 aliphatic carbocycles. The van der Waals surface area contributed by atoms with Crippen LogP contribution < -0.4 is 5.73 Å². The maximum atomic E-state index is 5.94. The highest BCUT2D eigenvalue weighted by atomic mass is 79.9. The summed E-state index contributed by atoms with van der Waals surface area (Å²) in [5.74, 6) is 1.13. The van der Waals surface area contributed by atoms with Crippen LogP contribution in [0.3, 0.4) is 0 Å². The van der Waals surface area contributed by atoms with Gasteiger partial charge in [-0.3, -0.25) is 4.99 Å². The van der Waals surface area contributed by atoms with Gasteiger partial charge in [0.05, 0.1) is 5.69 Å². The molecule has 0 radical (unpaired) electrons. The Morgan fingerprint density at radius 3 is 2.61 bits per heavy atom. The van der Waals surface area contributed by atoms with Crippen LogP contribution in [0.5, 0.6) is 0 Å². The third-order valence-corrected chi connectivity index (χ3v) is 3.97. The van der Waals surface area contributed by atoms with Crippen molar-refractivity contribution in [2.75, 3.05) is 5.73 Å². The summed E-state index contributed by atoms with van der Waals surface area (Å²) in [6.45, 7) is 3.77. The number of nitrogens with zero attached hydrogens (tertiary/aromatic N) is 3. The Morgan fingerprint density at radius 2 is 1.96 bits per heavy atom. The zero-order valence-electron chi connectivity index (χ0n) is 12.7. The molecule has 0 saturated carbocycles. The van der Waals surface area contributed by atoms with E-state index in [4.69, 9.17) is 10.3 Å². The summed E-state index contributed by atoms with van der Waals surface area (Å²) < 4.78 is 6.23. The molecule has 2 heterocycles. The van der Waals surface area contributed by atoms with Crippen LogP contribution >= 0.6 is 15.9 Å². The number of benzene rings is 1. The molecule has 0 spiro atoms. The second-order valence-corrected chi connectivity index (χ2v) is 6.05. The van der Waals surface area contributed by atoms with E-state index in [0.29, 0.717) is 11.5 Å². The highest BCUT2D eigenvalue weighted by molar-refractivity contribution is 9.10. The van der Waals surface area contributed by atoms with Crippen LogP contribution in [0.25, 0.3) is 11.1 Å². The Labute approximate surface area is 142 Å². The van der Waals surface area contributed by atoms with E-state index in [2.05, 4.69) is 31.1 Å². The van der Waals surface area contributed by atoms with Crippen molar-refractivity contribution in [1.29, 1.82) is 0 Å². The first-order valence-electron chi connectivity index (χ1n) is 7.03. The molecular formula is C17H15BrN4O. The van der Waals surface area contributed by atoms with Crippen molar-refractivity contribution >= 4 is 33.6 Å². The third kappa shape index (κ3) is 3.32. The zero-order chi connectivity index (χ0) is 16.4. The molecule has 0 unspecified atom stereocenters. The minimum atomic E-state index is 0.383. The fourth-order valence-electron chi connectivity index (χ4n) is 2.29. The molecule has 116 valence electrons. The molecule has 6 heteroatoms. The number of halogens is 1. The minimum absolute atomic E-state index is 0.383. The molecule has 5 nitrogen and oxygen atoms in total. The van der Waals surface area contributed by atoms with Gasteiger partial charge in [-0.05, 0) is 37.6 Å². The van der Waals surface area contributed by atoms with Gasteiger partial charge in [-0.25, -0.2) is 4.98 Å². The molecule has 0 fully saturated rings. The number of hydrogen-bond acceptors (Lipinski definition) is 5. The van der Waals surface area contributed by atoms with E-state index in [1.54, 1.807) is 12.4 Å². The Hall–Kier alpha value is -2.47. The molecule has 3 aromatic rings. The van der Waals surface area contributed by atoms with Gasteiger partial charge in [-0.15, -0.1) is 0 Å². The average Bonchev–Trinajstić information content (AvgIpc) is 2.87. The van der Waals surface area contributed by atoms with E-state index in [9.17, 15) is 0 Å². The van der Waals surface area contributed by atoms with Crippen LogP contribution in [0.15, 0.2) is 50.5 Å². The van der Waals surface area contributed by atoms with E-state index in [0.717, 1.165) is 32.6 Å². The smallest absolute Gasteiger partial charge is 0.149 e. The van der Waals surface area contributed by atoms with Crippen LogP contribution in [0.1, 0.15) is 17.0 Å². The van der Waals surface area contributed by atoms with Crippen LogP contribution in [-0.4, -0.2) is 16.4 Å². The number of rotatable bonds is 3. The largest absolute Gasteiger partial charge is 0.382 e. The Kier molecular flexibility index (Phi) is 4.25. The van der Waals surface area contributed by atoms with Crippen LogP contribution in [0, 0.1) is 13.8 Å². The minimum Gasteiger partial charge on any atom is -0.382 e. The number of nitrogens with two attached hydrogens (primary N) is 1. The maximum Gasteiger partial charge on any atom is 0.149 e. The number of aryl methyl sites for hydroxylation is 2. The first-order chi connectivity index (χ1) is 11.0. The summed E-state index contributed by atoms with van der Waals surface area (Å²) in [5.41, 5.74) is 10.2. The first-order valence-corrected chi connectivity index (χ1v) is 7.82. The number of nitrogen functional groups attached to an aromatic ring is 1. The Morgan fingerprint density at radius 1 is 1.22 bits per heavy atom.